The molecule has 2 fully saturated rings. The Labute approximate surface area is 140 Å². The number of ether oxygens (including phenoxy) is 2. The normalized spacial score (nSPS) is 34.2. The molecular formula is C21H30O2. The van der Waals surface area contributed by atoms with E-state index in [4.69, 9.17) is 9.47 Å². The summed E-state index contributed by atoms with van der Waals surface area (Å²) in [5.41, 5.74) is 5.04. The van der Waals surface area contributed by atoms with Crippen LogP contribution in [0.25, 0.3) is 0 Å². The second kappa shape index (κ2) is 4.99. The maximum Gasteiger partial charge on any atom is 0.122 e. The number of aryl methyl sites for hydroxylation is 1. The summed E-state index contributed by atoms with van der Waals surface area (Å²) in [6, 6.07) is 4.79. The largest absolute Gasteiger partial charge is 0.496 e. The summed E-state index contributed by atoms with van der Waals surface area (Å²) < 4.78 is 12.0. The third-order valence-electron chi connectivity index (χ3n) is 6.85. The Balaban J connectivity index is 1.88. The van der Waals surface area contributed by atoms with E-state index in [2.05, 4.69) is 39.8 Å². The van der Waals surface area contributed by atoms with Gasteiger partial charge in [0.1, 0.15) is 5.75 Å². The number of hydrogen-bond acceptors (Lipinski definition) is 2. The number of fused-ring (bicyclic) bond motifs is 2. The molecule has 0 N–H and O–H groups in total. The molecule has 0 amide bonds. The van der Waals surface area contributed by atoms with E-state index in [9.17, 15) is 0 Å². The van der Waals surface area contributed by atoms with Crippen LogP contribution in [0.2, 0.25) is 0 Å². The molecule has 1 saturated carbocycles. The molecule has 3 atom stereocenters. The summed E-state index contributed by atoms with van der Waals surface area (Å²) in [6.07, 6.45) is 5.39. The van der Waals surface area contributed by atoms with Crippen molar-refractivity contribution >= 4 is 0 Å². The topological polar surface area (TPSA) is 18.5 Å². The van der Waals surface area contributed by atoms with E-state index in [0.717, 1.165) is 18.3 Å². The van der Waals surface area contributed by atoms with Gasteiger partial charge in [0.25, 0.3) is 0 Å². The standard InChI is InChI=1S/C21H30O2/c1-13(2)16-8-14-6-7-19-20(3,4)10-15-11-21(19,12-23-15)17(14)9-18(16)22-5/h8-9,13,15,19H,6-7,10-12H2,1-5H3/t15-,19+,21+/m0/s1. The number of rotatable bonds is 2. The van der Waals surface area contributed by atoms with E-state index >= 15 is 0 Å². The van der Waals surface area contributed by atoms with Gasteiger partial charge in [-0.05, 0) is 65.7 Å². The van der Waals surface area contributed by atoms with Crippen LogP contribution in [0.4, 0.5) is 0 Å². The quantitative estimate of drug-likeness (QED) is 0.778. The molecule has 1 aromatic rings. The summed E-state index contributed by atoms with van der Waals surface area (Å²) in [5.74, 6) is 2.30. The van der Waals surface area contributed by atoms with Crippen LogP contribution < -0.4 is 4.74 Å². The van der Waals surface area contributed by atoms with Crippen LogP contribution in [-0.4, -0.2) is 19.8 Å². The van der Waals surface area contributed by atoms with Crippen LogP contribution in [0, 0.1) is 11.3 Å². The lowest BCUT2D eigenvalue weighted by Crippen LogP contribution is -2.50. The van der Waals surface area contributed by atoms with Gasteiger partial charge in [-0.3, -0.25) is 0 Å². The van der Waals surface area contributed by atoms with Gasteiger partial charge in [-0.15, -0.1) is 0 Å². The third-order valence-corrected chi connectivity index (χ3v) is 6.85. The van der Waals surface area contributed by atoms with E-state index in [1.54, 1.807) is 5.56 Å². The van der Waals surface area contributed by atoms with Crippen LogP contribution in [-0.2, 0) is 16.6 Å². The zero-order chi connectivity index (χ0) is 16.4. The van der Waals surface area contributed by atoms with E-state index in [0.29, 0.717) is 17.4 Å². The first-order valence-electron chi connectivity index (χ1n) is 9.20. The van der Waals surface area contributed by atoms with E-state index in [1.165, 1.54) is 36.8 Å². The minimum Gasteiger partial charge on any atom is -0.496 e. The molecule has 4 rings (SSSR count). The number of benzene rings is 1. The monoisotopic (exact) mass is 314 g/mol. The first-order chi connectivity index (χ1) is 10.9. The molecule has 23 heavy (non-hydrogen) atoms. The zero-order valence-corrected chi connectivity index (χ0v) is 15.2. The minimum absolute atomic E-state index is 0.225. The molecule has 0 unspecified atom stereocenters. The van der Waals surface area contributed by atoms with E-state index < -0.39 is 0 Å². The molecule has 1 heterocycles. The molecule has 1 aromatic carbocycles. The van der Waals surface area contributed by atoms with Gasteiger partial charge in [-0.25, -0.2) is 0 Å². The van der Waals surface area contributed by atoms with Gasteiger partial charge >= 0.3 is 0 Å². The fourth-order valence-electron chi connectivity index (χ4n) is 5.93. The number of hydrogen-bond donors (Lipinski definition) is 0. The zero-order valence-electron chi connectivity index (χ0n) is 15.2. The Bertz CT molecular complexity index is 631. The average molecular weight is 314 g/mol. The molecule has 2 heteroatoms. The van der Waals surface area contributed by atoms with Crippen LogP contribution >= 0.6 is 0 Å². The minimum atomic E-state index is 0.225. The summed E-state index contributed by atoms with van der Waals surface area (Å²) in [7, 11) is 1.81. The van der Waals surface area contributed by atoms with Crippen molar-refractivity contribution in [3.05, 3.63) is 28.8 Å². The Morgan fingerprint density at radius 2 is 2.00 bits per heavy atom. The van der Waals surface area contributed by atoms with Crippen molar-refractivity contribution < 1.29 is 9.47 Å². The highest BCUT2D eigenvalue weighted by Crippen LogP contribution is 2.61. The molecule has 1 aliphatic heterocycles. The lowest BCUT2D eigenvalue weighted by atomic mass is 9.50. The molecule has 2 bridgehead atoms. The molecule has 2 nitrogen and oxygen atoms in total. The maximum absolute atomic E-state index is 6.24. The van der Waals surface area contributed by atoms with Gasteiger partial charge in [0.2, 0.25) is 0 Å². The van der Waals surface area contributed by atoms with Crippen molar-refractivity contribution in [1.82, 2.24) is 0 Å². The molecule has 3 aliphatic rings. The first-order valence-corrected chi connectivity index (χ1v) is 9.20. The number of methoxy groups -OCH3 is 1. The van der Waals surface area contributed by atoms with Crippen molar-refractivity contribution in [3.8, 4) is 5.75 Å². The Kier molecular flexibility index (Phi) is 3.36. The Morgan fingerprint density at radius 1 is 1.22 bits per heavy atom. The van der Waals surface area contributed by atoms with Crippen molar-refractivity contribution in [2.45, 2.75) is 70.8 Å². The maximum atomic E-state index is 6.24. The second-order valence-corrected chi connectivity index (χ2v) is 8.98. The highest BCUT2D eigenvalue weighted by Gasteiger charge is 2.59. The van der Waals surface area contributed by atoms with Gasteiger partial charge in [-0.2, -0.15) is 0 Å². The van der Waals surface area contributed by atoms with Crippen LogP contribution in [0.1, 0.15) is 69.6 Å². The predicted octanol–water partition coefficient (Wildman–Crippen LogP) is 4.84. The van der Waals surface area contributed by atoms with Crippen LogP contribution in [0.3, 0.4) is 0 Å². The molecule has 1 spiro atoms. The van der Waals surface area contributed by atoms with Crippen molar-refractivity contribution in [2.75, 3.05) is 13.7 Å². The molecule has 126 valence electrons. The molecule has 0 aromatic heterocycles. The lowest BCUT2D eigenvalue weighted by Gasteiger charge is -2.52. The summed E-state index contributed by atoms with van der Waals surface area (Å²) in [5, 5.41) is 0. The third kappa shape index (κ3) is 2.10. The summed E-state index contributed by atoms with van der Waals surface area (Å²) >= 11 is 0. The SMILES string of the molecule is COc1cc2c(cc1C(C)C)CC[C@@H]1C(C)(C)C[C@H]3C[C@@]21CO3. The Morgan fingerprint density at radius 3 is 2.70 bits per heavy atom. The van der Waals surface area contributed by atoms with Gasteiger partial charge in [0.15, 0.2) is 0 Å². The summed E-state index contributed by atoms with van der Waals surface area (Å²) in [4.78, 5) is 0. The fraction of sp³-hybridized carbons (Fsp3) is 0.714. The highest BCUT2D eigenvalue weighted by molar-refractivity contribution is 5.50. The van der Waals surface area contributed by atoms with Crippen molar-refractivity contribution in [3.63, 3.8) is 0 Å². The Hall–Kier alpha value is -1.02. The van der Waals surface area contributed by atoms with Gasteiger partial charge in [0, 0.05) is 5.41 Å². The van der Waals surface area contributed by atoms with Crippen LogP contribution in [0.15, 0.2) is 12.1 Å². The van der Waals surface area contributed by atoms with Crippen LogP contribution in [0.5, 0.6) is 5.75 Å². The smallest absolute Gasteiger partial charge is 0.122 e. The lowest BCUT2D eigenvalue weighted by molar-refractivity contribution is 0.0380. The highest BCUT2D eigenvalue weighted by atomic mass is 16.5. The van der Waals surface area contributed by atoms with Crippen molar-refractivity contribution in [2.24, 2.45) is 11.3 Å². The van der Waals surface area contributed by atoms with E-state index in [1.807, 2.05) is 7.11 Å². The van der Waals surface area contributed by atoms with Crippen molar-refractivity contribution in [1.29, 1.82) is 0 Å². The van der Waals surface area contributed by atoms with Gasteiger partial charge in [-0.1, -0.05) is 33.8 Å². The molecule has 2 aliphatic carbocycles. The second-order valence-electron chi connectivity index (χ2n) is 8.98. The molecule has 0 radical (unpaired) electrons. The summed E-state index contributed by atoms with van der Waals surface area (Å²) in [6.45, 7) is 10.3. The average Bonchev–Trinajstić information content (AvgIpc) is 2.84. The first kappa shape index (κ1) is 15.5. The molecule has 1 saturated heterocycles. The van der Waals surface area contributed by atoms with Gasteiger partial charge in [0.05, 0.1) is 19.8 Å². The van der Waals surface area contributed by atoms with Gasteiger partial charge < -0.3 is 9.47 Å². The predicted molar refractivity (Wildman–Crippen MR) is 93.3 cm³/mol. The van der Waals surface area contributed by atoms with E-state index in [-0.39, 0.29) is 5.41 Å². The molecular weight excluding hydrogens is 284 g/mol. The fourth-order valence-corrected chi connectivity index (χ4v) is 5.93.